The number of ketones is 1. The highest BCUT2D eigenvalue weighted by Crippen LogP contribution is 2.28. The minimum atomic E-state index is -0.388. The van der Waals surface area contributed by atoms with Crippen LogP contribution in [-0.4, -0.2) is 24.1 Å². The van der Waals surface area contributed by atoms with E-state index < -0.39 is 0 Å². The van der Waals surface area contributed by atoms with E-state index in [4.69, 9.17) is 4.74 Å². The van der Waals surface area contributed by atoms with Gasteiger partial charge in [0.2, 0.25) is 0 Å². The van der Waals surface area contributed by atoms with E-state index >= 15 is 0 Å². The average molecular weight is 407 g/mol. The summed E-state index contributed by atoms with van der Waals surface area (Å²) in [4.78, 5) is 24.9. The second kappa shape index (κ2) is 8.49. The van der Waals surface area contributed by atoms with Crippen molar-refractivity contribution in [3.63, 3.8) is 0 Å². The van der Waals surface area contributed by atoms with Crippen LogP contribution in [-0.2, 0) is 9.53 Å². The minimum Gasteiger partial charge on any atom is -0.457 e. The lowest BCUT2D eigenvalue weighted by molar-refractivity contribution is -0.139. The molecule has 0 saturated carbocycles. The normalized spacial score (nSPS) is 10.5. The molecule has 0 aliphatic rings. The fourth-order valence-electron chi connectivity index (χ4n) is 2.06. The molecule has 2 aromatic carbocycles. The lowest BCUT2D eigenvalue weighted by Crippen LogP contribution is -2.15. The summed E-state index contributed by atoms with van der Waals surface area (Å²) in [6, 6.07) is 11.3. The molecular formula is C19H19BrO3S. The van der Waals surface area contributed by atoms with Gasteiger partial charge in [0.05, 0.1) is 5.75 Å². The molecular weight excluding hydrogens is 388 g/mol. The summed E-state index contributed by atoms with van der Waals surface area (Å²) in [5, 5.41) is 0. The van der Waals surface area contributed by atoms with Crippen LogP contribution in [0.5, 0.6) is 0 Å². The van der Waals surface area contributed by atoms with Crippen molar-refractivity contribution in [2.45, 2.75) is 25.7 Å². The van der Waals surface area contributed by atoms with Crippen LogP contribution in [0.4, 0.5) is 0 Å². The van der Waals surface area contributed by atoms with Crippen LogP contribution < -0.4 is 0 Å². The fourth-order valence-corrected chi connectivity index (χ4v) is 3.42. The highest BCUT2D eigenvalue weighted by molar-refractivity contribution is 9.10. The minimum absolute atomic E-state index is 0.184. The van der Waals surface area contributed by atoms with Crippen LogP contribution in [0.2, 0.25) is 0 Å². The van der Waals surface area contributed by atoms with Gasteiger partial charge in [0.1, 0.15) is 0 Å². The summed E-state index contributed by atoms with van der Waals surface area (Å²) in [5.74, 6) is -0.396. The first kappa shape index (κ1) is 18.7. The van der Waals surface area contributed by atoms with Gasteiger partial charge in [-0.25, -0.2) is 0 Å². The van der Waals surface area contributed by atoms with Gasteiger partial charge >= 0.3 is 5.97 Å². The molecule has 0 bridgehead atoms. The number of rotatable bonds is 6. The number of aryl methyl sites for hydroxylation is 3. The number of carbonyl (C=O) groups is 2. The highest BCUT2D eigenvalue weighted by Gasteiger charge is 2.11. The third kappa shape index (κ3) is 5.21. The Morgan fingerprint density at radius 3 is 2.38 bits per heavy atom. The molecule has 0 aliphatic heterocycles. The molecule has 126 valence electrons. The third-order valence-electron chi connectivity index (χ3n) is 3.54. The Morgan fingerprint density at radius 2 is 1.71 bits per heavy atom. The van der Waals surface area contributed by atoms with Gasteiger partial charge in [-0.1, -0.05) is 45.8 Å². The van der Waals surface area contributed by atoms with Gasteiger partial charge in [-0.2, -0.15) is 0 Å². The van der Waals surface area contributed by atoms with Gasteiger partial charge in [-0.05, 0) is 44.0 Å². The molecule has 0 aliphatic carbocycles. The van der Waals surface area contributed by atoms with Crippen LogP contribution in [0.1, 0.15) is 27.0 Å². The monoisotopic (exact) mass is 406 g/mol. The average Bonchev–Trinajstić information content (AvgIpc) is 2.55. The van der Waals surface area contributed by atoms with Crippen LogP contribution in [0.25, 0.3) is 0 Å². The molecule has 0 radical (unpaired) electrons. The SMILES string of the molecule is Cc1ccc(C(=O)COC(=O)CSc2cc(C)c(Br)cc2C)cc1. The number of halogens is 1. The summed E-state index contributed by atoms with van der Waals surface area (Å²) in [5.41, 5.74) is 3.85. The number of thioether (sulfide) groups is 1. The zero-order valence-electron chi connectivity index (χ0n) is 13.9. The lowest BCUT2D eigenvalue weighted by atomic mass is 10.1. The van der Waals surface area contributed by atoms with Crippen LogP contribution in [0.3, 0.4) is 0 Å². The highest BCUT2D eigenvalue weighted by atomic mass is 79.9. The van der Waals surface area contributed by atoms with E-state index in [0.717, 1.165) is 26.1 Å². The molecule has 0 unspecified atom stereocenters. The molecule has 24 heavy (non-hydrogen) atoms. The van der Waals surface area contributed by atoms with Crippen molar-refractivity contribution in [1.29, 1.82) is 0 Å². The molecule has 0 saturated heterocycles. The summed E-state index contributed by atoms with van der Waals surface area (Å²) in [7, 11) is 0. The first-order valence-corrected chi connectivity index (χ1v) is 9.29. The van der Waals surface area contributed by atoms with Crippen LogP contribution in [0.15, 0.2) is 45.8 Å². The molecule has 0 atom stereocenters. The predicted molar refractivity (Wildman–Crippen MR) is 101 cm³/mol. The Kier molecular flexibility index (Phi) is 6.63. The molecule has 0 spiro atoms. The smallest absolute Gasteiger partial charge is 0.316 e. The zero-order chi connectivity index (χ0) is 17.7. The van der Waals surface area contributed by atoms with Crippen molar-refractivity contribution in [2.24, 2.45) is 0 Å². The summed E-state index contributed by atoms with van der Waals surface area (Å²) >= 11 is 4.91. The molecule has 0 fully saturated rings. The zero-order valence-corrected chi connectivity index (χ0v) is 16.3. The fraction of sp³-hybridized carbons (Fsp3) is 0.263. The van der Waals surface area contributed by atoms with Gasteiger partial charge in [0.25, 0.3) is 0 Å². The number of hydrogen-bond acceptors (Lipinski definition) is 4. The van der Waals surface area contributed by atoms with Crippen molar-refractivity contribution < 1.29 is 14.3 Å². The van der Waals surface area contributed by atoms with E-state index in [1.165, 1.54) is 11.8 Å². The molecule has 3 nitrogen and oxygen atoms in total. The molecule has 0 aromatic heterocycles. The van der Waals surface area contributed by atoms with Crippen LogP contribution in [0, 0.1) is 20.8 Å². The number of hydrogen-bond donors (Lipinski definition) is 0. The summed E-state index contributed by atoms with van der Waals surface area (Å²) < 4.78 is 6.14. The van der Waals surface area contributed by atoms with E-state index in [0.29, 0.717) is 5.56 Å². The van der Waals surface area contributed by atoms with E-state index in [2.05, 4.69) is 15.9 Å². The maximum atomic E-state index is 12.0. The molecule has 2 aromatic rings. The van der Waals surface area contributed by atoms with Crippen molar-refractivity contribution >= 4 is 39.4 Å². The van der Waals surface area contributed by atoms with Crippen molar-refractivity contribution in [3.05, 3.63) is 63.1 Å². The number of Topliss-reactive ketones (excluding diaryl/α,β-unsaturated/α-hetero) is 1. The Hall–Kier alpha value is -1.59. The quantitative estimate of drug-likeness (QED) is 0.389. The van der Waals surface area contributed by atoms with Gasteiger partial charge in [-0.3, -0.25) is 9.59 Å². The van der Waals surface area contributed by atoms with Crippen molar-refractivity contribution in [3.8, 4) is 0 Å². The van der Waals surface area contributed by atoms with E-state index in [1.807, 2.05) is 45.0 Å². The molecule has 5 heteroatoms. The second-order valence-electron chi connectivity index (χ2n) is 5.61. The lowest BCUT2D eigenvalue weighted by Gasteiger charge is -2.09. The molecule has 0 heterocycles. The molecule has 0 N–H and O–H groups in total. The largest absolute Gasteiger partial charge is 0.457 e. The van der Waals surface area contributed by atoms with E-state index in [9.17, 15) is 9.59 Å². The van der Waals surface area contributed by atoms with Crippen molar-refractivity contribution in [1.82, 2.24) is 0 Å². The molecule has 0 amide bonds. The first-order chi connectivity index (χ1) is 11.4. The standard InChI is InChI=1S/C19H19BrO3S/c1-12-4-6-15(7-5-12)17(21)10-23-19(22)11-24-18-9-13(2)16(20)8-14(18)3/h4-9H,10-11H2,1-3H3. The second-order valence-corrected chi connectivity index (χ2v) is 7.48. The van der Waals surface area contributed by atoms with E-state index in [1.54, 1.807) is 12.1 Å². The third-order valence-corrected chi connectivity index (χ3v) is 5.52. The van der Waals surface area contributed by atoms with Gasteiger partial charge in [-0.15, -0.1) is 11.8 Å². The number of benzene rings is 2. The Labute approximate surface area is 154 Å². The maximum absolute atomic E-state index is 12.0. The Morgan fingerprint density at radius 1 is 1.04 bits per heavy atom. The maximum Gasteiger partial charge on any atom is 0.316 e. The Balaban J connectivity index is 1.84. The van der Waals surface area contributed by atoms with Gasteiger partial charge in [0, 0.05) is 14.9 Å². The summed E-state index contributed by atoms with van der Waals surface area (Å²) in [6.45, 7) is 5.74. The van der Waals surface area contributed by atoms with E-state index in [-0.39, 0.29) is 24.1 Å². The van der Waals surface area contributed by atoms with Gasteiger partial charge < -0.3 is 4.74 Å². The topological polar surface area (TPSA) is 43.4 Å². The number of carbonyl (C=O) groups excluding carboxylic acids is 2. The number of esters is 1. The number of ether oxygens (including phenoxy) is 1. The Bertz CT molecular complexity index is 754. The first-order valence-electron chi connectivity index (χ1n) is 7.52. The van der Waals surface area contributed by atoms with Gasteiger partial charge in [0.15, 0.2) is 12.4 Å². The van der Waals surface area contributed by atoms with Crippen molar-refractivity contribution in [2.75, 3.05) is 12.4 Å². The predicted octanol–water partition coefficient (Wildman–Crippen LogP) is 4.89. The van der Waals surface area contributed by atoms with Crippen LogP contribution >= 0.6 is 27.7 Å². The molecule has 2 rings (SSSR count). The summed E-state index contributed by atoms with van der Waals surface area (Å²) in [6.07, 6.45) is 0.